The van der Waals surface area contributed by atoms with Crippen molar-refractivity contribution < 1.29 is 9.53 Å². The minimum absolute atomic E-state index is 0.180. The van der Waals surface area contributed by atoms with Crippen molar-refractivity contribution in [1.29, 1.82) is 0 Å². The van der Waals surface area contributed by atoms with Crippen LogP contribution in [0.2, 0.25) is 0 Å². The van der Waals surface area contributed by atoms with Crippen LogP contribution in [-0.4, -0.2) is 85.1 Å². The van der Waals surface area contributed by atoms with Gasteiger partial charge in [-0.1, -0.05) is 6.07 Å². The third kappa shape index (κ3) is 6.30. The number of hydrogen-bond donors (Lipinski definition) is 0. The van der Waals surface area contributed by atoms with Crippen molar-refractivity contribution in [2.75, 3.05) is 57.4 Å². The van der Waals surface area contributed by atoms with Gasteiger partial charge in [0.15, 0.2) is 5.78 Å². The Kier molecular flexibility index (Phi) is 8.55. The van der Waals surface area contributed by atoms with Crippen molar-refractivity contribution in [3.8, 4) is 0 Å². The van der Waals surface area contributed by atoms with E-state index in [1.165, 1.54) is 32.5 Å². The molecule has 1 aromatic rings. The number of ether oxygens (including phenoxy) is 1. The monoisotopic (exact) mass is 442 g/mol. The van der Waals surface area contributed by atoms with Crippen LogP contribution < -0.4 is 4.90 Å². The highest BCUT2D eigenvalue weighted by Gasteiger charge is 2.27. The van der Waals surface area contributed by atoms with Gasteiger partial charge in [0.25, 0.3) is 0 Å². The lowest BCUT2D eigenvalue weighted by molar-refractivity contribution is 0.0965. The number of carbonyl (C=O) groups is 1. The maximum Gasteiger partial charge on any atom is 0.181 e. The number of carbonyl (C=O) groups excluding carboxylic acids is 1. The van der Waals surface area contributed by atoms with Gasteiger partial charge < -0.3 is 14.5 Å². The fraction of sp³-hybridized carbons (Fsp3) is 0.769. The fourth-order valence-corrected chi connectivity index (χ4v) is 5.54. The minimum Gasteiger partial charge on any atom is -0.381 e. The highest BCUT2D eigenvalue weighted by Crippen LogP contribution is 2.23. The summed E-state index contributed by atoms with van der Waals surface area (Å²) in [5, 5.41) is 0. The van der Waals surface area contributed by atoms with Gasteiger partial charge in [-0.2, -0.15) is 0 Å². The van der Waals surface area contributed by atoms with Gasteiger partial charge in [0.05, 0.1) is 0 Å². The summed E-state index contributed by atoms with van der Waals surface area (Å²) in [5.41, 5.74) is 0.632. The lowest BCUT2D eigenvalue weighted by Crippen LogP contribution is -2.47. The normalized spacial score (nSPS) is 24.2. The number of Topliss-reactive ketones (excluding diaryl/α,β-unsaturated/α-hetero) is 1. The zero-order chi connectivity index (χ0) is 22.3. The Morgan fingerprint density at radius 3 is 2.69 bits per heavy atom. The summed E-state index contributed by atoms with van der Waals surface area (Å²) in [6.07, 6.45) is 7.49. The standard InChI is InChI=1S/C26H42N4O2/c1-21(2)28-15-10-23(11-16-28)29-13-5-14-30(18-17-29)26-9-4-7-24(27-26)25(31)8-3-6-22-12-19-32-20-22/h4,7,9,21-23H,3,5-6,8,10-20H2,1-2H3/t22-/m0/s1. The molecule has 0 radical (unpaired) electrons. The van der Waals surface area contributed by atoms with Crippen molar-refractivity contribution in [2.45, 2.75) is 70.9 Å². The predicted octanol–water partition coefficient (Wildman–Crippen LogP) is 3.86. The van der Waals surface area contributed by atoms with Gasteiger partial charge in [-0.05, 0) is 83.5 Å². The fourth-order valence-electron chi connectivity index (χ4n) is 5.54. The SMILES string of the molecule is CC(C)N1CCC(N2CCCN(c3cccc(C(=O)CCC[C@H]4CCOC4)n3)CC2)CC1. The first-order valence-corrected chi connectivity index (χ1v) is 12.9. The summed E-state index contributed by atoms with van der Waals surface area (Å²) in [7, 11) is 0. The molecule has 6 nitrogen and oxygen atoms in total. The van der Waals surface area contributed by atoms with E-state index in [-0.39, 0.29) is 5.78 Å². The molecular weight excluding hydrogens is 400 g/mol. The molecule has 3 fully saturated rings. The third-order valence-electron chi connectivity index (χ3n) is 7.66. The maximum atomic E-state index is 12.7. The topological polar surface area (TPSA) is 48.9 Å². The molecule has 0 bridgehead atoms. The smallest absolute Gasteiger partial charge is 0.181 e. The van der Waals surface area contributed by atoms with Crippen LogP contribution in [0.3, 0.4) is 0 Å². The first kappa shape index (κ1) is 23.7. The average molecular weight is 443 g/mol. The second-order valence-corrected chi connectivity index (χ2v) is 10.2. The molecule has 0 N–H and O–H groups in total. The summed E-state index contributed by atoms with van der Waals surface area (Å²) in [6, 6.07) is 7.34. The van der Waals surface area contributed by atoms with Crippen LogP contribution in [0.25, 0.3) is 0 Å². The molecule has 4 rings (SSSR count). The molecule has 0 unspecified atom stereocenters. The van der Waals surface area contributed by atoms with Gasteiger partial charge >= 0.3 is 0 Å². The molecule has 32 heavy (non-hydrogen) atoms. The Labute approximate surface area is 194 Å². The zero-order valence-corrected chi connectivity index (χ0v) is 20.2. The summed E-state index contributed by atoms with van der Waals surface area (Å²) in [5.74, 6) is 1.79. The molecule has 0 aromatic carbocycles. The molecule has 3 aliphatic heterocycles. The molecule has 0 amide bonds. The lowest BCUT2D eigenvalue weighted by atomic mass is 10.00. The summed E-state index contributed by atoms with van der Waals surface area (Å²) < 4.78 is 5.44. The first-order valence-electron chi connectivity index (χ1n) is 12.9. The molecule has 1 atom stereocenters. The number of rotatable bonds is 8. The highest BCUT2D eigenvalue weighted by molar-refractivity contribution is 5.94. The second kappa shape index (κ2) is 11.6. The van der Waals surface area contributed by atoms with E-state index in [0.717, 1.165) is 70.4 Å². The number of ketones is 1. The Morgan fingerprint density at radius 1 is 1.09 bits per heavy atom. The molecule has 3 saturated heterocycles. The Hall–Kier alpha value is -1.50. The molecule has 3 aliphatic rings. The quantitative estimate of drug-likeness (QED) is 0.570. The van der Waals surface area contributed by atoms with E-state index in [4.69, 9.17) is 9.72 Å². The van der Waals surface area contributed by atoms with Gasteiger partial charge in [-0.15, -0.1) is 0 Å². The Bertz CT molecular complexity index is 726. The van der Waals surface area contributed by atoms with Crippen LogP contribution >= 0.6 is 0 Å². The van der Waals surface area contributed by atoms with Crippen molar-refractivity contribution in [3.05, 3.63) is 23.9 Å². The second-order valence-electron chi connectivity index (χ2n) is 10.2. The van der Waals surface area contributed by atoms with Gasteiger partial charge in [0.2, 0.25) is 0 Å². The number of piperidine rings is 1. The molecular formula is C26H42N4O2. The number of aromatic nitrogens is 1. The van der Waals surface area contributed by atoms with Crippen molar-refractivity contribution in [3.63, 3.8) is 0 Å². The first-order chi connectivity index (χ1) is 15.6. The molecule has 0 aliphatic carbocycles. The van der Waals surface area contributed by atoms with E-state index >= 15 is 0 Å². The predicted molar refractivity (Wildman–Crippen MR) is 129 cm³/mol. The Balaban J connectivity index is 1.27. The van der Waals surface area contributed by atoms with Crippen LogP contribution in [0.1, 0.15) is 69.3 Å². The van der Waals surface area contributed by atoms with Gasteiger partial charge in [-0.25, -0.2) is 4.98 Å². The molecule has 0 spiro atoms. The van der Waals surface area contributed by atoms with Crippen LogP contribution in [0, 0.1) is 5.92 Å². The maximum absolute atomic E-state index is 12.7. The minimum atomic E-state index is 0.180. The summed E-state index contributed by atoms with van der Waals surface area (Å²) in [6.45, 7) is 13.1. The molecule has 6 heteroatoms. The van der Waals surface area contributed by atoms with E-state index in [1.54, 1.807) is 0 Å². The largest absolute Gasteiger partial charge is 0.381 e. The Morgan fingerprint density at radius 2 is 1.94 bits per heavy atom. The zero-order valence-electron chi connectivity index (χ0n) is 20.2. The van der Waals surface area contributed by atoms with E-state index in [9.17, 15) is 4.79 Å². The number of hydrogen-bond acceptors (Lipinski definition) is 6. The van der Waals surface area contributed by atoms with Crippen molar-refractivity contribution in [1.82, 2.24) is 14.8 Å². The highest BCUT2D eigenvalue weighted by atomic mass is 16.5. The van der Waals surface area contributed by atoms with E-state index in [1.807, 2.05) is 12.1 Å². The number of anilines is 1. The number of likely N-dealkylation sites (tertiary alicyclic amines) is 1. The molecule has 0 saturated carbocycles. The van der Waals surface area contributed by atoms with Crippen molar-refractivity contribution in [2.24, 2.45) is 5.92 Å². The summed E-state index contributed by atoms with van der Waals surface area (Å²) >= 11 is 0. The molecule has 4 heterocycles. The lowest BCUT2D eigenvalue weighted by Gasteiger charge is -2.39. The van der Waals surface area contributed by atoms with Crippen LogP contribution in [0.4, 0.5) is 5.82 Å². The van der Waals surface area contributed by atoms with E-state index in [0.29, 0.717) is 24.1 Å². The van der Waals surface area contributed by atoms with Gasteiger partial charge in [-0.3, -0.25) is 9.69 Å². The van der Waals surface area contributed by atoms with Crippen LogP contribution in [-0.2, 0) is 4.74 Å². The number of pyridine rings is 1. The molecule has 1 aromatic heterocycles. The van der Waals surface area contributed by atoms with Crippen LogP contribution in [0.5, 0.6) is 0 Å². The van der Waals surface area contributed by atoms with E-state index in [2.05, 4.69) is 34.6 Å². The van der Waals surface area contributed by atoms with Gasteiger partial charge in [0, 0.05) is 57.9 Å². The third-order valence-corrected chi connectivity index (χ3v) is 7.66. The van der Waals surface area contributed by atoms with Crippen LogP contribution in [0.15, 0.2) is 18.2 Å². The average Bonchev–Trinajstić information content (AvgIpc) is 3.21. The molecule has 178 valence electrons. The summed E-state index contributed by atoms with van der Waals surface area (Å²) in [4.78, 5) is 25.2. The van der Waals surface area contributed by atoms with Gasteiger partial charge in [0.1, 0.15) is 11.5 Å². The van der Waals surface area contributed by atoms with E-state index < -0.39 is 0 Å². The van der Waals surface area contributed by atoms with Crippen molar-refractivity contribution >= 4 is 11.6 Å². The number of nitrogens with zero attached hydrogens (tertiary/aromatic N) is 4.